The molecule has 0 aliphatic heterocycles. The zero-order valence-corrected chi connectivity index (χ0v) is 18.4. The molecule has 0 amide bonds. The molecule has 0 unspecified atom stereocenters. The molecule has 0 heterocycles. The zero-order chi connectivity index (χ0) is 13.0. The monoisotopic (exact) mass is 431 g/mol. The number of allylic oxidation sites excluding steroid dienone is 2. The summed E-state index contributed by atoms with van der Waals surface area (Å²) in [5.74, 6) is 0. The molecule has 18 heavy (non-hydrogen) atoms. The molecule has 103 valence electrons. The second kappa shape index (κ2) is 14.8. The minimum Gasteiger partial charge on any atom is 0 e. The second-order valence-corrected chi connectivity index (χ2v) is 17.5. The molecule has 0 bridgehead atoms. The van der Waals surface area contributed by atoms with Crippen LogP contribution in [0.25, 0.3) is 0 Å². The number of hydrogen-bond acceptors (Lipinski definition) is 0. The molecule has 0 fully saturated rings. The van der Waals surface area contributed by atoms with Gasteiger partial charge in [0.1, 0.15) is 0 Å². The standard InChI is InChI=1S/3C4H9.C4H3.Sn.Y/c4*1-3-4-2;;/h3*1,3-4H2,2H3;1,3-4H;;/q;;;-2;;. The van der Waals surface area contributed by atoms with E-state index in [1.54, 1.807) is 6.08 Å². The maximum absolute atomic E-state index is 5.51. The number of rotatable bonds is 11. The van der Waals surface area contributed by atoms with E-state index < -0.39 is 18.4 Å². The largest absolute Gasteiger partial charge is 0 e. The van der Waals surface area contributed by atoms with E-state index in [0.717, 1.165) is 0 Å². The third-order valence-electron chi connectivity index (χ3n) is 3.51. The molecule has 0 atom stereocenters. The Morgan fingerprint density at radius 1 is 0.889 bits per heavy atom. The first-order valence-electron chi connectivity index (χ1n) is 7.39. The van der Waals surface area contributed by atoms with Gasteiger partial charge in [0.15, 0.2) is 0 Å². The molecule has 0 aliphatic carbocycles. The van der Waals surface area contributed by atoms with Crippen molar-refractivity contribution in [1.29, 1.82) is 0 Å². The first-order valence-corrected chi connectivity index (χ1v) is 14.9. The Morgan fingerprint density at radius 3 is 1.56 bits per heavy atom. The van der Waals surface area contributed by atoms with Gasteiger partial charge >= 0.3 is 114 Å². The van der Waals surface area contributed by atoms with Crippen LogP contribution in [0.2, 0.25) is 13.3 Å². The molecule has 2 heteroatoms. The van der Waals surface area contributed by atoms with Gasteiger partial charge in [-0.3, -0.25) is 0 Å². The quantitative estimate of drug-likeness (QED) is 0.224. The van der Waals surface area contributed by atoms with Crippen molar-refractivity contribution in [3.05, 3.63) is 22.8 Å². The van der Waals surface area contributed by atoms with Gasteiger partial charge in [-0.2, -0.15) is 0 Å². The fourth-order valence-electron chi connectivity index (χ4n) is 2.36. The summed E-state index contributed by atoms with van der Waals surface area (Å²) in [6, 6.07) is 0. The molecule has 0 aliphatic rings. The normalized spacial score (nSPS) is 11.5. The molecule has 0 aromatic heterocycles. The van der Waals surface area contributed by atoms with Crippen molar-refractivity contribution in [2.45, 2.75) is 72.6 Å². The van der Waals surface area contributed by atoms with Crippen LogP contribution in [-0.4, -0.2) is 18.4 Å². The summed E-state index contributed by atoms with van der Waals surface area (Å²) in [7, 11) is 0. The predicted molar refractivity (Wildman–Crippen MR) is 81.6 cm³/mol. The topological polar surface area (TPSA) is 0 Å². The van der Waals surface area contributed by atoms with E-state index in [1.807, 2.05) is 6.08 Å². The molecular formula is C16H30SnY-2. The summed E-state index contributed by atoms with van der Waals surface area (Å²) in [5, 5.41) is 0. The van der Waals surface area contributed by atoms with Gasteiger partial charge < -0.3 is 0 Å². The summed E-state index contributed by atoms with van der Waals surface area (Å²) in [6.07, 6.45) is 11.9. The zero-order valence-electron chi connectivity index (χ0n) is 12.7. The van der Waals surface area contributed by atoms with Crippen LogP contribution in [0.4, 0.5) is 0 Å². The van der Waals surface area contributed by atoms with E-state index in [-0.39, 0.29) is 32.7 Å². The molecular weight excluding hydrogens is 400 g/mol. The Hall–Kier alpha value is 1.38. The van der Waals surface area contributed by atoms with Crippen LogP contribution >= 0.6 is 0 Å². The van der Waals surface area contributed by atoms with Gasteiger partial charge in [-0.25, -0.2) is 0 Å². The summed E-state index contributed by atoms with van der Waals surface area (Å²) in [5.41, 5.74) is 0. The van der Waals surface area contributed by atoms with Crippen molar-refractivity contribution in [2.75, 3.05) is 0 Å². The van der Waals surface area contributed by atoms with Gasteiger partial charge in [0.2, 0.25) is 0 Å². The molecule has 0 aromatic rings. The van der Waals surface area contributed by atoms with Gasteiger partial charge in [-0.05, 0) is 0 Å². The first-order chi connectivity index (χ1) is 8.24. The first kappa shape index (κ1) is 21.7. The molecule has 0 saturated heterocycles. The van der Waals surface area contributed by atoms with Crippen LogP contribution in [0, 0.1) is 10.7 Å². The Bertz CT molecular complexity index is 189. The van der Waals surface area contributed by atoms with Gasteiger partial charge in [-0.1, -0.05) is 0 Å². The third-order valence-corrected chi connectivity index (χ3v) is 17.0. The van der Waals surface area contributed by atoms with Crippen molar-refractivity contribution in [3.8, 4) is 0 Å². The van der Waals surface area contributed by atoms with Crippen LogP contribution in [0.3, 0.4) is 0 Å². The molecule has 0 nitrogen and oxygen atoms in total. The van der Waals surface area contributed by atoms with Crippen LogP contribution in [-0.2, 0) is 32.7 Å². The summed E-state index contributed by atoms with van der Waals surface area (Å²) in [4.78, 5) is 0. The minimum absolute atomic E-state index is 0. The van der Waals surface area contributed by atoms with E-state index in [4.69, 9.17) is 6.58 Å². The van der Waals surface area contributed by atoms with Crippen LogP contribution < -0.4 is 0 Å². The maximum Gasteiger partial charge on any atom is 0 e. The van der Waals surface area contributed by atoms with E-state index in [2.05, 4.69) is 24.9 Å². The average molecular weight is 430 g/mol. The predicted octanol–water partition coefficient (Wildman–Crippen LogP) is 5.72. The smallest absolute Gasteiger partial charge is 0 e. The van der Waals surface area contributed by atoms with Gasteiger partial charge in [0.05, 0.1) is 0 Å². The van der Waals surface area contributed by atoms with Crippen molar-refractivity contribution in [2.24, 2.45) is 0 Å². The minimum atomic E-state index is -2.11. The van der Waals surface area contributed by atoms with Crippen LogP contribution in [0.1, 0.15) is 59.3 Å². The Morgan fingerprint density at radius 2 is 1.28 bits per heavy atom. The Balaban J connectivity index is 0. The average Bonchev–Trinajstić information content (AvgIpc) is 2.37. The SMILES string of the molecule is [CH-]=CC=[C-][Sn]([CH2]CCC)([CH2]CCC)[CH2]CCC.[Y]. The van der Waals surface area contributed by atoms with E-state index in [0.29, 0.717) is 0 Å². The fourth-order valence-corrected chi connectivity index (χ4v) is 15.8. The van der Waals surface area contributed by atoms with Crippen LogP contribution in [0.5, 0.6) is 0 Å². The molecule has 0 spiro atoms. The number of unbranched alkanes of at least 4 members (excludes halogenated alkanes) is 3. The summed E-state index contributed by atoms with van der Waals surface area (Å²) >= 11 is -2.11. The van der Waals surface area contributed by atoms with Crippen molar-refractivity contribution in [3.63, 3.8) is 0 Å². The van der Waals surface area contributed by atoms with Crippen molar-refractivity contribution < 1.29 is 32.7 Å². The van der Waals surface area contributed by atoms with Gasteiger partial charge in [0.25, 0.3) is 0 Å². The molecule has 0 aromatic carbocycles. The van der Waals surface area contributed by atoms with Crippen molar-refractivity contribution >= 4 is 18.4 Å². The fraction of sp³-hybridized carbons (Fsp3) is 0.750. The maximum atomic E-state index is 5.51. The second-order valence-electron chi connectivity index (χ2n) is 5.09. The van der Waals surface area contributed by atoms with Gasteiger partial charge in [-0.15, -0.1) is 0 Å². The number of hydrogen-bond donors (Lipinski definition) is 0. The Labute approximate surface area is 145 Å². The molecule has 1 radical (unpaired) electrons. The van der Waals surface area contributed by atoms with Crippen molar-refractivity contribution in [1.82, 2.24) is 0 Å². The molecule has 0 saturated carbocycles. The van der Waals surface area contributed by atoms with E-state index in [9.17, 15) is 0 Å². The van der Waals surface area contributed by atoms with Crippen LogP contribution in [0.15, 0.2) is 12.2 Å². The summed E-state index contributed by atoms with van der Waals surface area (Å²) < 4.78 is 8.24. The molecule has 0 rings (SSSR count). The Kier molecular flexibility index (Phi) is 17.8. The van der Waals surface area contributed by atoms with E-state index >= 15 is 0 Å². The summed E-state index contributed by atoms with van der Waals surface area (Å²) in [6.45, 7) is 12.4. The third kappa shape index (κ3) is 10.2. The molecule has 0 N–H and O–H groups in total. The van der Waals surface area contributed by atoms with E-state index in [1.165, 1.54) is 51.8 Å². The van der Waals surface area contributed by atoms with Gasteiger partial charge in [0, 0.05) is 32.7 Å².